The highest BCUT2D eigenvalue weighted by atomic mass is 35.5. The van der Waals surface area contributed by atoms with Gasteiger partial charge in [0.1, 0.15) is 11.5 Å². The predicted octanol–water partition coefficient (Wildman–Crippen LogP) is 5.00. The number of carbonyl (C=O) groups is 2. The third kappa shape index (κ3) is 5.55. The number of hydrogen-bond acceptors (Lipinski definition) is 4. The van der Waals surface area contributed by atoms with Gasteiger partial charge in [0.2, 0.25) is 0 Å². The van der Waals surface area contributed by atoms with Crippen LogP contribution in [-0.2, 0) is 11.2 Å². The number of benzene rings is 2. The quantitative estimate of drug-likeness (QED) is 0.646. The smallest absolute Gasteiger partial charge is 0.163 e. The Bertz CT molecular complexity index is 905. The second-order valence-electron chi connectivity index (χ2n) is 7.52. The maximum Gasteiger partial charge on any atom is 0.163 e. The van der Waals surface area contributed by atoms with Crippen molar-refractivity contribution in [1.82, 2.24) is 0 Å². The monoisotopic (exact) mass is 412 g/mol. The van der Waals surface area contributed by atoms with Gasteiger partial charge in [-0.15, -0.1) is 0 Å². The molecule has 4 nitrogen and oxygen atoms in total. The number of rotatable bonds is 1. The van der Waals surface area contributed by atoms with Crippen molar-refractivity contribution in [3.63, 3.8) is 0 Å². The molecule has 1 aliphatic rings. The first-order chi connectivity index (χ1) is 14.0. The number of aliphatic hydroxyl groups excluding tert-OH is 1. The molecule has 2 N–H and O–H groups in total. The number of Topliss-reactive ketones (excluding diaryl/α,β-unsaturated/α-hetero) is 2. The maximum atomic E-state index is 13.2. The summed E-state index contributed by atoms with van der Waals surface area (Å²) in [6.45, 7) is 0. The number of ketones is 2. The summed E-state index contributed by atoms with van der Waals surface area (Å²) in [5, 5.41) is 20.2. The lowest BCUT2D eigenvalue weighted by atomic mass is 9.86. The third-order valence-electron chi connectivity index (χ3n) is 5.32. The van der Waals surface area contributed by atoms with Crippen molar-refractivity contribution in [3.8, 4) is 5.75 Å². The molecule has 0 spiro atoms. The number of halogens is 1. The summed E-state index contributed by atoms with van der Waals surface area (Å²) in [5.41, 5.74) is 1.77. The van der Waals surface area contributed by atoms with E-state index in [0.29, 0.717) is 30.4 Å². The summed E-state index contributed by atoms with van der Waals surface area (Å²) in [5.74, 6) is -0.492. The lowest BCUT2D eigenvalue weighted by Gasteiger charge is -2.18. The van der Waals surface area contributed by atoms with Crippen molar-refractivity contribution in [1.29, 1.82) is 0 Å². The van der Waals surface area contributed by atoms with E-state index in [1.54, 1.807) is 0 Å². The molecule has 3 rings (SSSR count). The lowest BCUT2D eigenvalue weighted by molar-refractivity contribution is -0.120. The minimum atomic E-state index is -0.741. The summed E-state index contributed by atoms with van der Waals surface area (Å²) >= 11 is 6.25. The highest BCUT2D eigenvalue weighted by molar-refractivity contribution is 6.33. The Morgan fingerprint density at radius 1 is 0.966 bits per heavy atom. The fourth-order valence-electron chi connectivity index (χ4n) is 3.74. The number of phenolic OH excluding ortho intramolecular Hbond substituents is 1. The van der Waals surface area contributed by atoms with Crippen LogP contribution in [0.2, 0.25) is 5.02 Å². The normalized spacial score (nSPS) is 22.6. The Balaban J connectivity index is 1.99. The molecule has 1 aliphatic carbocycles. The zero-order valence-corrected chi connectivity index (χ0v) is 16.9. The second-order valence-corrected chi connectivity index (χ2v) is 7.90. The zero-order chi connectivity index (χ0) is 20.8. The van der Waals surface area contributed by atoms with E-state index >= 15 is 0 Å². The Kier molecular flexibility index (Phi) is 7.24. The maximum absolute atomic E-state index is 13.2. The number of fused-ring (bicyclic) bond motifs is 1. The fourth-order valence-corrected chi connectivity index (χ4v) is 3.97. The summed E-state index contributed by atoms with van der Waals surface area (Å²) in [6.07, 6.45) is 5.36. The largest absolute Gasteiger partial charge is 0.506 e. The molecule has 2 aromatic carbocycles. The average Bonchev–Trinajstić information content (AvgIpc) is 2.70. The van der Waals surface area contributed by atoms with Crippen LogP contribution in [0.5, 0.6) is 5.75 Å². The second kappa shape index (κ2) is 9.86. The molecular formula is C24H25ClO4. The minimum absolute atomic E-state index is 0.0000951. The van der Waals surface area contributed by atoms with Crippen molar-refractivity contribution < 1.29 is 19.8 Å². The average molecular weight is 413 g/mol. The van der Waals surface area contributed by atoms with Gasteiger partial charge in [-0.25, -0.2) is 0 Å². The van der Waals surface area contributed by atoms with E-state index in [0.717, 1.165) is 5.56 Å². The Labute approximate surface area is 175 Å². The summed E-state index contributed by atoms with van der Waals surface area (Å²) in [4.78, 5) is 25.6. The van der Waals surface area contributed by atoms with Crippen molar-refractivity contribution in [3.05, 3.63) is 76.3 Å². The third-order valence-corrected chi connectivity index (χ3v) is 5.74. The van der Waals surface area contributed by atoms with Crippen LogP contribution in [0.15, 0.2) is 54.6 Å². The fraction of sp³-hybridized carbons (Fsp3) is 0.333. The first-order valence-corrected chi connectivity index (χ1v) is 10.3. The molecule has 2 atom stereocenters. The van der Waals surface area contributed by atoms with Crippen molar-refractivity contribution in [2.45, 2.75) is 50.5 Å². The van der Waals surface area contributed by atoms with E-state index in [-0.39, 0.29) is 47.5 Å². The number of phenols is 1. The number of carbonyl (C=O) groups excluding carboxylic acids is 2. The van der Waals surface area contributed by atoms with Gasteiger partial charge in [0.15, 0.2) is 5.78 Å². The predicted molar refractivity (Wildman–Crippen MR) is 114 cm³/mol. The van der Waals surface area contributed by atoms with Crippen LogP contribution >= 0.6 is 11.6 Å². The van der Waals surface area contributed by atoms with Gasteiger partial charge >= 0.3 is 0 Å². The van der Waals surface area contributed by atoms with Crippen LogP contribution in [0.25, 0.3) is 0 Å². The van der Waals surface area contributed by atoms with Gasteiger partial charge in [-0.3, -0.25) is 9.59 Å². The number of aliphatic hydroxyl groups is 1. The Morgan fingerprint density at radius 2 is 1.72 bits per heavy atom. The van der Waals surface area contributed by atoms with Crippen LogP contribution in [0.1, 0.15) is 59.5 Å². The van der Waals surface area contributed by atoms with Crippen LogP contribution in [-0.4, -0.2) is 27.9 Å². The highest BCUT2D eigenvalue weighted by Gasteiger charge is 2.23. The van der Waals surface area contributed by atoms with Gasteiger partial charge < -0.3 is 10.2 Å². The highest BCUT2D eigenvalue weighted by Crippen LogP contribution is 2.33. The molecule has 2 unspecified atom stereocenters. The van der Waals surface area contributed by atoms with E-state index in [1.165, 1.54) is 12.1 Å². The molecule has 0 saturated carbocycles. The van der Waals surface area contributed by atoms with E-state index < -0.39 is 6.10 Å². The number of hydrogen-bond donors (Lipinski definition) is 2. The van der Waals surface area contributed by atoms with Gasteiger partial charge in [-0.1, -0.05) is 54.1 Å². The Hall–Kier alpha value is -2.43. The number of aromatic hydroxyl groups is 1. The molecule has 5 heteroatoms. The van der Waals surface area contributed by atoms with E-state index in [4.69, 9.17) is 11.6 Å². The first-order valence-electron chi connectivity index (χ1n) is 9.89. The molecule has 152 valence electrons. The van der Waals surface area contributed by atoms with E-state index in [2.05, 4.69) is 0 Å². The SMILES string of the molecule is O=C1Cc2c(ccc(O)c2Cl)C(=O)CC(c2ccccc2)C/C=C/CCC(O)C1. The number of allylic oxidation sites excluding steroid dienone is 2. The topological polar surface area (TPSA) is 74.6 Å². The zero-order valence-electron chi connectivity index (χ0n) is 16.2. The van der Waals surface area contributed by atoms with Crippen molar-refractivity contribution >= 4 is 23.2 Å². The lowest BCUT2D eigenvalue weighted by Crippen LogP contribution is -2.17. The molecule has 0 saturated heterocycles. The van der Waals surface area contributed by atoms with Crippen LogP contribution in [0, 0.1) is 0 Å². The molecule has 0 heterocycles. The molecule has 0 amide bonds. The molecule has 0 radical (unpaired) electrons. The molecule has 0 aliphatic heterocycles. The van der Waals surface area contributed by atoms with Gasteiger partial charge in [-0.2, -0.15) is 0 Å². The Morgan fingerprint density at radius 3 is 2.48 bits per heavy atom. The van der Waals surface area contributed by atoms with Crippen molar-refractivity contribution in [2.24, 2.45) is 0 Å². The van der Waals surface area contributed by atoms with E-state index in [1.807, 2.05) is 42.5 Å². The van der Waals surface area contributed by atoms with Crippen LogP contribution in [0.3, 0.4) is 0 Å². The van der Waals surface area contributed by atoms with Crippen molar-refractivity contribution in [2.75, 3.05) is 0 Å². The molecular weight excluding hydrogens is 388 g/mol. The summed E-state index contributed by atoms with van der Waals surface area (Å²) in [7, 11) is 0. The minimum Gasteiger partial charge on any atom is -0.506 e. The first kappa shape index (κ1) is 21.3. The van der Waals surface area contributed by atoms with Crippen LogP contribution < -0.4 is 0 Å². The van der Waals surface area contributed by atoms with E-state index in [9.17, 15) is 19.8 Å². The molecule has 29 heavy (non-hydrogen) atoms. The van der Waals surface area contributed by atoms with Gasteiger partial charge in [0.05, 0.1) is 11.1 Å². The molecule has 0 aromatic heterocycles. The van der Waals surface area contributed by atoms with Crippen LogP contribution in [0.4, 0.5) is 0 Å². The summed E-state index contributed by atoms with van der Waals surface area (Å²) in [6, 6.07) is 12.8. The standard InChI is InChI=1S/C24H25ClO4/c25-24-21-15-19(27)14-18(26)10-6-2-5-9-17(16-7-3-1-4-8-16)13-23(29)20(21)11-12-22(24)28/h1-5,7-8,11-12,17-18,26,28H,6,9-10,13-15H2/b5-2+. The molecule has 0 bridgehead atoms. The molecule has 0 fully saturated rings. The van der Waals surface area contributed by atoms with Gasteiger partial charge in [-0.05, 0) is 48.4 Å². The summed E-state index contributed by atoms with van der Waals surface area (Å²) < 4.78 is 0. The molecule has 2 aromatic rings. The van der Waals surface area contributed by atoms with Gasteiger partial charge in [0, 0.05) is 24.8 Å². The van der Waals surface area contributed by atoms with Gasteiger partial charge in [0.25, 0.3) is 0 Å².